The number of halogens is 1. The number of nitrogens with one attached hydrogen (secondary N) is 1. The minimum Gasteiger partial charge on any atom is -0.493 e. The van der Waals surface area contributed by atoms with Crippen molar-refractivity contribution in [2.24, 2.45) is 5.10 Å². The van der Waals surface area contributed by atoms with E-state index >= 15 is 0 Å². The number of carbonyl (C=O) groups is 1. The van der Waals surface area contributed by atoms with Gasteiger partial charge in [0, 0.05) is 12.1 Å². The lowest BCUT2D eigenvalue weighted by molar-refractivity contribution is -0.121. The van der Waals surface area contributed by atoms with Crippen LogP contribution in [0.5, 0.6) is 5.75 Å². The number of carbonyl (C=O) groups excluding carboxylic acids is 1. The van der Waals surface area contributed by atoms with Gasteiger partial charge in [0.25, 0.3) is 5.91 Å². The third kappa shape index (κ3) is 6.71. The first-order chi connectivity index (χ1) is 15.9. The highest BCUT2D eigenvalue weighted by molar-refractivity contribution is 7.89. The standard InChI is InChI=1S/C24H24FN3O4S/c1-2-32-23-11-7-6-8-20(23)16-26-27-24(29)18-28(17-19-12-14-21(25)15-13-19)33(30,31)22-9-4-3-5-10-22/h3-16H,2,17-18H2,1H3,(H,27,29)/b26-16-. The second-order valence-corrected chi connectivity index (χ2v) is 8.91. The smallest absolute Gasteiger partial charge is 0.255 e. The molecule has 3 aromatic carbocycles. The summed E-state index contributed by atoms with van der Waals surface area (Å²) < 4.78 is 46.1. The number of amides is 1. The molecule has 0 aliphatic heterocycles. The topological polar surface area (TPSA) is 88.1 Å². The van der Waals surface area contributed by atoms with Crippen molar-refractivity contribution in [2.45, 2.75) is 18.4 Å². The van der Waals surface area contributed by atoms with E-state index in [-0.39, 0.29) is 11.4 Å². The average molecular weight is 470 g/mol. The van der Waals surface area contributed by atoms with Crippen molar-refractivity contribution < 1.29 is 22.3 Å². The number of benzene rings is 3. The van der Waals surface area contributed by atoms with E-state index in [0.29, 0.717) is 23.5 Å². The highest BCUT2D eigenvalue weighted by Gasteiger charge is 2.26. The summed E-state index contributed by atoms with van der Waals surface area (Å²) in [5.74, 6) is -0.444. The molecule has 0 atom stereocenters. The molecule has 0 bridgehead atoms. The largest absolute Gasteiger partial charge is 0.493 e. The van der Waals surface area contributed by atoms with Gasteiger partial charge in [0.15, 0.2) is 0 Å². The Morgan fingerprint density at radius 2 is 1.70 bits per heavy atom. The zero-order valence-corrected chi connectivity index (χ0v) is 18.8. The number of sulfonamides is 1. The Labute approximate surface area is 192 Å². The van der Waals surface area contributed by atoms with Crippen LogP contribution in [0.3, 0.4) is 0 Å². The second-order valence-electron chi connectivity index (χ2n) is 6.98. The minimum atomic E-state index is -3.99. The van der Waals surface area contributed by atoms with Crippen LogP contribution in [0, 0.1) is 5.82 Å². The number of ether oxygens (including phenoxy) is 1. The molecule has 0 radical (unpaired) electrons. The summed E-state index contributed by atoms with van der Waals surface area (Å²) in [4.78, 5) is 12.6. The lowest BCUT2D eigenvalue weighted by Crippen LogP contribution is -2.39. The van der Waals surface area contributed by atoms with Crippen LogP contribution in [0.1, 0.15) is 18.1 Å². The molecule has 7 nitrogen and oxygen atoms in total. The third-order valence-electron chi connectivity index (χ3n) is 4.58. The summed E-state index contributed by atoms with van der Waals surface area (Å²) >= 11 is 0. The fraction of sp³-hybridized carbons (Fsp3) is 0.167. The summed E-state index contributed by atoms with van der Waals surface area (Å²) in [6.45, 7) is 1.76. The van der Waals surface area contributed by atoms with Gasteiger partial charge in [-0.1, -0.05) is 42.5 Å². The minimum absolute atomic E-state index is 0.0501. The number of hydrogen-bond donors (Lipinski definition) is 1. The van der Waals surface area contributed by atoms with Crippen molar-refractivity contribution >= 4 is 22.1 Å². The molecule has 0 heterocycles. The molecule has 0 fully saturated rings. The first-order valence-electron chi connectivity index (χ1n) is 10.2. The Morgan fingerprint density at radius 3 is 2.39 bits per heavy atom. The number of hydrazone groups is 1. The maximum Gasteiger partial charge on any atom is 0.255 e. The van der Waals surface area contributed by atoms with Gasteiger partial charge in [0.05, 0.1) is 24.3 Å². The highest BCUT2D eigenvalue weighted by atomic mass is 32.2. The van der Waals surface area contributed by atoms with Crippen molar-refractivity contribution in [3.63, 3.8) is 0 Å². The van der Waals surface area contributed by atoms with Gasteiger partial charge in [-0.25, -0.2) is 18.2 Å². The molecule has 0 aliphatic carbocycles. The maximum atomic E-state index is 13.3. The Morgan fingerprint density at radius 1 is 1.03 bits per heavy atom. The number of rotatable bonds is 10. The van der Waals surface area contributed by atoms with Crippen LogP contribution in [-0.2, 0) is 21.4 Å². The van der Waals surface area contributed by atoms with Gasteiger partial charge in [-0.15, -0.1) is 0 Å². The lowest BCUT2D eigenvalue weighted by atomic mass is 10.2. The van der Waals surface area contributed by atoms with Crippen molar-refractivity contribution in [1.29, 1.82) is 0 Å². The predicted molar refractivity (Wildman–Crippen MR) is 124 cm³/mol. The molecule has 33 heavy (non-hydrogen) atoms. The zero-order valence-electron chi connectivity index (χ0n) is 18.0. The lowest BCUT2D eigenvalue weighted by Gasteiger charge is -2.21. The first-order valence-corrected chi connectivity index (χ1v) is 11.7. The molecule has 0 unspecified atom stereocenters. The van der Waals surface area contributed by atoms with Crippen LogP contribution in [0.4, 0.5) is 4.39 Å². The van der Waals surface area contributed by atoms with Crippen molar-refractivity contribution in [3.8, 4) is 5.75 Å². The van der Waals surface area contributed by atoms with E-state index < -0.39 is 28.3 Å². The van der Waals surface area contributed by atoms with Gasteiger partial charge in [-0.2, -0.15) is 9.41 Å². The van der Waals surface area contributed by atoms with Crippen LogP contribution >= 0.6 is 0 Å². The van der Waals surface area contributed by atoms with Gasteiger partial charge in [0.1, 0.15) is 11.6 Å². The monoisotopic (exact) mass is 469 g/mol. The fourth-order valence-corrected chi connectivity index (χ4v) is 4.41. The molecular formula is C24H24FN3O4S. The zero-order chi connectivity index (χ0) is 23.7. The van der Waals surface area contributed by atoms with E-state index in [1.54, 1.807) is 30.3 Å². The van der Waals surface area contributed by atoms with E-state index in [2.05, 4.69) is 10.5 Å². The van der Waals surface area contributed by atoms with Gasteiger partial charge >= 0.3 is 0 Å². The van der Waals surface area contributed by atoms with Gasteiger partial charge < -0.3 is 4.74 Å². The van der Waals surface area contributed by atoms with Crippen LogP contribution in [-0.4, -0.2) is 38.0 Å². The SMILES string of the molecule is CCOc1ccccc1/C=N\NC(=O)CN(Cc1ccc(F)cc1)S(=O)(=O)c1ccccc1. The Hall–Kier alpha value is -3.56. The van der Waals surface area contributed by atoms with Crippen LogP contribution in [0.25, 0.3) is 0 Å². The molecular weight excluding hydrogens is 445 g/mol. The first kappa shape index (κ1) is 24.1. The molecule has 0 spiro atoms. The Balaban J connectivity index is 1.76. The summed E-state index contributed by atoms with van der Waals surface area (Å²) in [6, 6.07) is 20.4. The number of nitrogens with zero attached hydrogens (tertiary/aromatic N) is 2. The van der Waals surface area contributed by atoms with E-state index in [0.717, 1.165) is 4.31 Å². The normalized spacial score (nSPS) is 11.6. The summed E-state index contributed by atoms with van der Waals surface area (Å²) in [5, 5.41) is 3.94. The van der Waals surface area contributed by atoms with E-state index in [9.17, 15) is 17.6 Å². The Bertz CT molecular complexity index is 1200. The predicted octanol–water partition coefficient (Wildman–Crippen LogP) is 3.57. The molecule has 9 heteroatoms. The number of hydrogen-bond acceptors (Lipinski definition) is 5. The third-order valence-corrected chi connectivity index (χ3v) is 6.39. The average Bonchev–Trinajstić information content (AvgIpc) is 2.82. The van der Waals surface area contributed by atoms with Crippen LogP contribution < -0.4 is 10.2 Å². The van der Waals surface area contributed by atoms with Crippen molar-refractivity contribution in [3.05, 3.63) is 95.8 Å². The van der Waals surface area contributed by atoms with Gasteiger partial charge in [-0.05, 0) is 48.9 Å². The summed E-state index contributed by atoms with van der Waals surface area (Å²) in [7, 11) is -3.99. The Kier molecular flexibility index (Phi) is 8.28. The molecule has 172 valence electrons. The molecule has 3 aromatic rings. The van der Waals surface area contributed by atoms with Gasteiger partial charge in [-0.3, -0.25) is 4.79 Å². The molecule has 3 rings (SSSR count). The maximum absolute atomic E-state index is 13.3. The summed E-state index contributed by atoms with van der Waals surface area (Å²) in [5.41, 5.74) is 3.56. The molecule has 0 aliphatic rings. The summed E-state index contributed by atoms with van der Waals surface area (Å²) in [6.07, 6.45) is 1.43. The molecule has 1 amide bonds. The van der Waals surface area contributed by atoms with E-state index in [1.807, 2.05) is 19.1 Å². The second kappa shape index (κ2) is 11.3. The molecule has 0 aromatic heterocycles. The van der Waals surface area contributed by atoms with Crippen LogP contribution in [0.2, 0.25) is 0 Å². The van der Waals surface area contributed by atoms with Crippen LogP contribution in [0.15, 0.2) is 88.9 Å². The van der Waals surface area contributed by atoms with Crippen molar-refractivity contribution in [1.82, 2.24) is 9.73 Å². The molecule has 1 N–H and O–H groups in total. The van der Waals surface area contributed by atoms with Gasteiger partial charge in [0.2, 0.25) is 10.0 Å². The van der Waals surface area contributed by atoms with Crippen molar-refractivity contribution in [2.75, 3.05) is 13.2 Å². The molecule has 0 saturated carbocycles. The molecule has 0 saturated heterocycles. The van der Waals surface area contributed by atoms with E-state index in [4.69, 9.17) is 4.74 Å². The highest BCUT2D eigenvalue weighted by Crippen LogP contribution is 2.19. The fourth-order valence-electron chi connectivity index (χ4n) is 3.00. The quantitative estimate of drug-likeness (QED) is 0.363. The van der Waals surface area contributed by atoms with E-state index in [1.165, 1.54) is 42.6 Å². The number of para-hydroxylation sites is 1.